The van der Waals surface area contributed by atoms with Crippen LogP contribution in [-0.2, 0) is 0 Å². The third-order valence-corrected chi connectivity index (χ3v) is 2.80. The number of amidine groups is 1. The number of pyridine rings is 1. The van der Waals surface area contributed by atoms with Crippen molar-refractivity contribution in [2.45, 2.75) is 13.3 Å². The monoisotopic (exact) mass is 249 g/mol. The number of rotatable bonds is 7. The molecule has 100 valence electrons. The summed E-state index contributed by atoms with van der Waals surface area (Å²) >= 11 is 0. The van der Waals surface area contributed by atoms with E-state index in [1.54, 1.807) is 6.20 Å². The maximum absolute atomic E-state index is 7.33. The first kappa shape index (κ1) is 14.4. The topological polar surface area (TPSA) is 69.2 Å². The van der Waals surface area contributed by atoms with Crippen LogP contribution in [-0.4, -0.2) is 49.4 Å². The Hall–Kier alpha value is -1.62. The van der Waals surface area contributed by atoms with Crippen LogP contribution in [0.2, 0.25) is 0 Å². The molecule has 1 aromatic heterocycles. The third kappa shape index (κ3) is 4.33. The van der Waals surface area contributed by atoms with Gasteiger partial charge in [0.1, 0.15) is 11.7 Å². The van der Waals surface area contributed by atoms with Crippen LogP contribution in [0.3, 0.4) is 0 Å². The number of nitrogens with zero attached hydrogens (tertiary/aromatic N) is 3. The van der Waals surface area contributed by atoms with Gasteiger partial charge in [-0.05, 0) is 46.1 Å². The fourth-order valence-corrected chi connectivity index (χ4v) is 1.74. The van der Waals surface area contributed by atoms with Crippen LogP contribution in [0.1, 0.15) is 18.9 Å². The zero-order chi connectivity index (χ0) is 13.5. The highest BCUT2D eigenvalue weighted by atomic mass is 15.2. The molecule has 0 atom stereocenters. The SMILES string of the molecule is CCN(CCCN(C)C)c1ccc(C(=N)N)cn1. The molecule has 3 N–H and O–H groups in total. The molecule has 1 rings (SSSR count). The van der Waals surface area contributed by atoms with Crippen LogP contribution < -0.4 is 10.6 Å². The molecule has 0 amide bonds. The molecular weight excluding hydrogens is 226 g/mol. The summed E-state index contributed by atoms with van der Waals surface area (Å²) in [7, 11) is 4.16. The molecule has 0 unspecified atom stereocenters. The molecule has 0 aliphatic rings. The van der Waals surface area contributed by atoms with Crippen molar-refractivity contribution < 1.29 is 0 Å². The fraction of sp³-hybridized carbons (Fsp3) is 0.538. The van der Waals surface area contributed by atoms with E-state index in [1.807, 2.05) is 12.1 Å². The second-order valence-electron chi connectivity index (χ2n) is 4.56. The molecule has 0 bridgehead atoms. The van der Waals surface area contributed by atoms with E-state index < -0.39 is 0 Å². The smallest absolute Gasteiger partial charge is 0.128 e. The van der Waals surface area contributed by atoms with Gasteiger partial charge in [-0.15, -0.1) is 0 Å². The summed E-state index contributed by atoms with van der Waals surface area (Å²) in [4.78, 5) is 8.77. The van der Waals surface area contributed by atoms with Gasteiger partial charge in [0.2, 0.25) is 0 Å². The number of hydrogen-bond donors (Lipinski definition) is 2. The van der Waals surface area contributed by atoms with E-state index in [1.165, 1.54) is 0 Å². The summed E-state index contributed by atoms with van der Waals surface area (Å²) in [5.74, 6) is 1.01. The van der Waals surface area contributed by atoms with E-state index in [4.69, 9.17) is 11.1 Å². The number of hydrogen-bond acceptors (Lipinski definition) is 4. The minimum atomic E-state index is 0.0599. The van der Waals surface area contributed by atoms with E-state index in [-0.39, 0.29) is 5.84 Å². The fourth-order valence-electron chi connectivity index (χ4n) is 1.74. The number of nitrogens with two attached hydrogens (primary N) is 1. The van der Waals surface area contributed by atoms with Crippen LogP contribution in [0.4, 0.5) is 5.82 Å². The molecular formula is C13H23N5. The van der Waals surface area contributed by atoms with Crippen molar-refractivity contribution in [2.24, 2.45) is 5.73 Å². The molecule has 1 heterocycles. The predicted octanol–water partition coefficient (Wildman–Crippen LogP) is 1.14. The molecule has 0 saturated heterocycles. The quantitative estimate of drug-likeness (QED) is 0.562. The standard InChI is InChI=1S/C13H23N5/c1-4-18(9-5-8-17(2)3)12-7-6-11(10-16-12)13(14)15/h6-7,10H,4-5,8-9H2,1-3H3,(H3,14,15). The van der Waals surface area contributed by atoms with E-state index in [0.29, 0.717) is 5.56 Å². The Bertz CT molecular complexity index is 371. The summed E-state index contributed by atoms with van der Waals surface area (Å²) < 4.78 is 0. The summed E-state index contributed by atoms with van der Waals surface area (Å²) in [5, 5.41) is 7.33. The van der Waals surface area contributed by atoms with Gasteiger partial charge in [-0.2, -0.15) is 0 Å². The van der Waals surface area contributed by atoms with Gasteiger partial charge in [0.15, 0.2) is 0 Å². The van der Waals surface area contributed by atoms with Gasteiger partial charge in [-0.1, -0.05) is 0 Å². The second-order valence-corrected chi connectivity index (χ2v) is 4.56. The number of nitrogens with one attached hydrogen (secondary N) is 1. The van der Waals surface area contributed by atoms with Crippen molar-refractivity contribution in [3.05, 3.63) is 23.9 Å². The Morgan fingerprint density at radius 3 is 2.50 bits per heavy atom. The van der Waals surface area contributed by atoms with Crippen molar-refractivity contribution in [3.63, 3.8) is 0 Å². The molecule has 0 radical (unpaired) electrons. The van der Waals surface area contributed by atoms with Gasteiger partial charge >= 0.3 is 0 Å². The summed E-state index contributed by atoms with van der Waals surface area (Å²) in [5.41, 5.74) is 6.08. The van der Waals surface area contributed by atoms with E-state index in [9.17, 15) is 0 Å². The summed E-state index contributed by atoms with van der Waals surface area (Å²) in [6, 6.07) is 3.77. The summed E-state index contributed by atoms with van der Waals surface area (Å²) in [6.07, 6.45) is 2.77. The Labute approximate surface area is 109 Å². The van der Waals surface area contributed by atoms with Crippen LogP contribution >= 0.6 is 0 Å². The molecule has 0 aliphatic heterocycles. The van der Waals surface area contributed by atoms with Crippen LogP contribution in [0.25, 0.3) is 0 Å². The molecule has 0 aromatic carbocycles. The van der Waals surface area contributed by atoms with Crippen molar-refractivity contribution in [3.8, 4) is 0 Å². The van der Waals surface area contributed by atoms with Crippen LogP contribution in [0, 0.1) is 5.41 Å². The average Bonchev–Trinajstić information content (AvgIpc) is 2.34. The highest BCUT2D eigenvalue weighted by molar-refractivity contribution is 5.94. The van der Waals surface area contributed by atoms with Gasteiger partial charge in [0.25, 0.3) is 0 Å². The molecule has 0 spiro atoms. The first-order valence-electron chi connectivity index (χ1n) is 6.24. The molecule has 0 aliphatic carbocycles. The lowest BCUT2D eigenvalue weighted by atomic mass is 10.2. The minimum absolute atomic E-state index is 0.0599. The second kappa shape index (κ2) is 6.96. The van der Waals surface area contributed by atoms with Crippen molar-refractivity contribution in [1.82, 2.24) is 9.88 Å². The lowest BCUT2D eigenvalue weighted by molar-refractivity contribution is 0.400. The van der Waals surface area contributed by atoms with Crippen molar-refractivity contribution in [2.75, 3.05) is 38.6 Å². The van der Waals surface area contributed by atoms with Gasteiger partial charge in [-0.3, -0.25) is 5.41 Å². The van der Waals surface area contributed by atoms with Crippen LogP contribution in [0.15, 0.2) is 18.3 Å². The Morgan fingerprint density at radius 1 is 1.33 bits per heavy atom. The van der Waals surface area contributed by atoms with Gasteiger partial charge in [0.05, 0.1) is 0 Å². The Morgan fingerprint density at radius 2 is 2.06 bits per heavy atom. The number of nitrogen functional groups attached to an aromatic ring is 1. The maximum atomic E-state index is 7.33. The lowest BCUT2D eigenvalue weighted by Crippen LogP contribution is -2.27. The van der Waals surface area contributed by atoms with Crippen LogP contribution in [0.5, 0.6) is 0 Å². The highest BCUT2D eigenvalue weighted by Crippen LogP contribution is 2.11. The van der Waals surface area contributed by atoms with E-state index in [0.717, 1.165) is 31.9 Å². The Kier molecular flexibility index (Phi) is 5.58. The van der Waals surface area contributed by atoms with E-state index in [2.05, 4.69) is 35.8 Å². The van der Waals surface area contributed by atoms with E-state index >= 15 is 0 Å². The lowest BCUT2D eigenvalue weighted by Gasteiger charge is -2.22. The largest absolute Gasteiger partial charge is 0.384 e. The van der Waals surface area contributed by atoms with Crippen molar-refractivity contribution in [1.29, 1.82) is 5.41 Å². The normalized spacial score (nSPS) is 10.7. The first-order valence-corrected chi connectivity index (χ1v) is 6.24. The zero-order valence-electron chi connectivity index (χ0n) is 11.5. The minimum Gasteiger partial charge on any atom is -0.384 e. The average molecular weight is 249 g/mol. The molecule has 5 nitrogen and oxygen atoms in total. The highest BCUT2D eigenvalue weighted by Gasteiger charge is 2.06. The first-order chi connectivity index (χ1) is 8.54. The molecule has 0 fully saturated rings. The zero-order valence-corrected chi connectivity index (χ0v) is 11.5. The predicted molar refractivity (Wildman–Crippen MR) is 76.3 cm³/mol. The maximum Gasteiger partial charge on any atom is 0.128 e. The van der Waals surface area contributed by atoms with Crippen molar-refractivity contribution >= 4 is 11.7 Å². The van der Waals surface area contributed by atoms with Gasteiger partial charge in [0, 0.05) is 24.8 Å². The molecule has 0 saturated carbocycles. The molecule has 18 heavy (non-hydrogen) atoms. The molecule has 5 heteroatoms. The molecule has 1 aromatic rings. The number of anilines is 1. The summed E-state index contributed by atoms with van der Waals surface area (Å²) in [6.45, 7) is 5.11. The Balaban J connectivity index is 2.61. The van der Waals surface area contributed by atoms with Gasteiger partial charge < -0.3 is 15.5 Å². The number of aromatic nitrogens is 1. The third-order valence-electron chi connectivity index (χ3n) is 2.80. The van der Waals surface area contributed by atoms with Gasteiger partial charge in [-0.25, -0.2) is 4.98 Å².